The minimum absolute atomic E-state index is 0.147. The normalized spacial score (nSPS) is 13.9. The van der Waals surface area contributed by atoms with Crippen molar-refractivity contribution in [3.8, 4) is 11.5 Å². The topological polar surface area (TPSA) is 94.8 Å². The van der Waals surface area contributed by atoms with Crippen LogP contribution in [0.4, 0.5) is 10.1 Å². The highest BCUT2D eigenvalue weighted by atomic mass is 79.9. The number of rotatable bonds is 9. The van der Waals surface area contributed by atoms with E-state index in [0.29, 0.717) is 50.6 Å². The van der Waals surface area contributed by atoms with Gasteiger partial charge in [0.25, 0.3) is 11.5 Å². The van der Waals surface area contributed by atoms with E-state index in [1.54, 1.807) is 30.5 Å². The fraction of sp³-hybridized carbons (Fsp3) is 0.290. The van der Waals surface area contributed by atoms with E-state index >= 15 is 0 Å². The maximum Gasteiger partial charge on any atom is 0.282 e. The molecule has 1 aromatic heterocycles. The molecular weight excluding hydrogens is 671 g/mol. The number of benzene rings is 3. The van der Waals surface area contributed by atoms with Crippen LogP contribution in [0, 0.1) is 5.82 Å². The van der Waals surface area contributed by atoms with Gasteiger partial charge in [0.15, 0.2) is 18.1 Å². The molecule has 1 aliphatic carbocycles. The maximum absolute atomic E-state index is 13.6. The lowest BCUT2D eigenvalue weighted by atomic mass is 9.88. The molecule has 1 amide bonds. The average molecular weight is 700 g/mol. The first-order chi connectivity index (χ1) is 20.3. The van der Waals surface area contributed by atoms with Gasteiger partial charge in [0.05, 0.1) is 23.7 Å². The van der Waals surface area contributed by atoms with Crippen LogP contribution in [0.2, 0.25) is 0 Å². The molecule has 4 aromatic rings. The van der Waals surface area contributed by atoms with E-state index in [4.69, 9.17) is 14.5 Å². The second-order valence-electron chi connectivity index (χ2n) is 9.93. The van der Waals surface area contributed by atoms with Crippen LogP contribution in [0.25, 0.3) is 10.9 Å². The molecule has 1 N–H and O–H groups in total. The number of hydrogen-bond donors (Lipinski definition) is 1. The Morgan fingerprint density at radius 3 is 2.64 bits per heavy atom. The summed E-state index contributed by atoms with van der Waals surface area (Å²) in [7, 11) is 0. The van der Waals surface area contributed by atoms with E-state index in [-0.39, 0.29) is 18.1 Å². The van der Waals surface area contributed by atoms with Crippen LogP contribution >= 0.6 is 31.9 Å². The number of halogens is 3. The number of aromatic nitrogens is 2. The lowest BCUT2D eigenvalue weighted by Crippen LogP contribution is -2.25. The molecule has 0 atom stereocenters. The first kappa shape index (κ1) is 29.9. The number of anilines is 1. The first-order valence-electron chi connectivity index (χ1n) is 13.7. The summed E-state index contributed by atoms with van der Waals surface area (Å²) in [4.78, 5) is 30.9. The quantitative estimate of drug-likeness (QED) is 0.184. The fourth-order valence-electron chi connectivity index (χ4n) is 4.96. The number of nitrogens with one attached hydrogen (secondary N) is 1. The van der Waals surface area contributed by atoms with Gasteiger partial charge >= 0.3 is 0 Å². The highest BCUT2D eigenvalue weighted by Crippen LogP contribution is 2.34. The van der Waals surface area contributed by atoms with Gasteiger partial charge in [0.2, 0.25) is 0 Å². The van der Waals surface area contributed by atoms with Gasteiger partial charge in [0, 0.05) is 26.1 Å². The molecule has 0 aliphatic heterocycles. The number of nitrogens with zero attached hydrogens (tertiary/aromatic N) is 3. The maximum atomic E-state index is 13.6. The summed E-state index contributed by atoms with van der Waals surface area (Å²) in [5.74, 6) is 0.655. The number of amides is 1. The van der Waals surface area contributed by atoms with Crippen LogP contribution in [0.3, 0.4) is 0 Å². The molecule has 42 heavy (non-hydrogen) atoms. The lowest BCUT2D eigenvalue weighted by Gasteiger charge is -2.22. The molecule has 1 heterocycles. The molecule has 1 fully saturated rings. The molecule has 0 unspecified atom stereocenters. The van der Waals surface area contributed by atoms with Crippen molar-refractivity contribution in [2.75, 3.05) is 18.5 Å². The second-order valence-corrected chi connectivity index (χ2v) is 11.7. The van der Waals surface area contributed by atoms with Crippen molar-refractivity contribution in [3.05, 3.63) is 91.1 Å². The zero-order valence-corrected chi connectivity index (χ0v) is 26.1. The Hall–Kier alpha value is -3.57. The number of carbonyl (C=O) groups excluding carboxylic acids is 1. The van der Waals surface area contributed by atoms with E-state index in [1.165, 1.54) is 29.3 Å². The molecular formula is C31H29Br2FN4O4. The lowest BCUT2D eigenvalue weighted by molar-refractivity contribution is -0.118. The average Bonchev–Trinajstić information content (AvgIpc) is 2.98. The van der Waals surface area contributed by atoms with Crippen molar-refractivity contribution >= 4 is 60.6 Å². The van der Waals surface area contributed by atoms with Gasteiger partial charge in [-0.05, 0) is 84.2 Å². The molecule has 0 bridgehead atoms. The van der Waals surface area contributed by atoms with Gasteiger partial charge in [-0.15, -0.1) is 0 Å². The summed E-state index contributed by atoms with van der Waals surface area (Å²) in [5, 5.41) is 7.72. The zero-order valence-electron chi connectivity index (χ0n) is 22.9. The number of fused-ring (bicyclic) bond motifs is 1. The molecule has 5 rings (SSSR count). The van der Waals surface area contributed by atoms with Crippen LogP contribution in [0.15, 0.2) is 73.4 Å². The van der Waals surface area contributed by atoms with Crippen LogP contribution in [0.5, 0.6) is 11.5 Å². The monoisotopic (exact) mass is 698 g/mol. The Balaban J connectivity index is 1.43. The van der Waals surface area contributed by atoms with Crippen LogP contribution in [-0.2, 0) is 4.79 Å². The summed E-state index contributed by atoms with van der Waals surface area (Å²) in [5.41, 5.74) is 1.40. The highest BCUT2D eigenvalue weighted by Gasteiger charge is 2.23. The summed E-state index contributed by atoms with van der Waals surface area (Å²) >= 11 is 7.01. The van der Waals surface area contributed by atoms with Crippen molar-refractivity contribution in [2.24, 2.45) is 5.10 Å². The van der Waals surface area contributed by atoms with Gasteiger partial charge < -0.3 is 14.8 Å². The molecule has 218 valence electrons. The molecule has 0 spiro atoms. The van der Waals surface area contributed by atoms with Gasteiger partial charge in [-0.3, -0.25) is 9.59 Å². The number of hydrogen-bond acceptors (Lipinski definition) is 6. The van der Waals surface area contributed by atoms with Crippen molar-refractivity contribution in [2.45, 2.75) is 44.9 Å². The summed E-state index contributed by atoms with van der Waals surface area (Å²) < 4.78 is 27.8. The van der Waals surface area contributed by atoms with Crippen LogP contribution in [0.1, 0.15) is 56.3 Å². The van der Waals surface area contributed by atoms with E-state index in [2.05, 4.69) is 42.3 Å². The van der Waals surface area contributed by atoms with E-state index in [9.17, 15) is 14.0 Å². The number of carbonyl (C=O) groups is 1. The minimum Gasteiger partial charge on any atom is -0.490 e. The van der Waals surface area contributed by atoms with E-state index < -0.39 is 11.7 Å². The minimum atomic E-state index is -0.450. The summed E-state index contributed by atoms with van der Waals surface area (Å²) in [6.45, 7) is 1.89. The van der Waals surface area contributed by atoms with Crippen molar-refractivity contribution < 1.29 is 18.7 Å². The molecule has 1 aliphatic rings. The van der Waals surface area contributed by atoms with Crippen molar-refractivity contribution in [3.63, 3.8) is 0 Å². The molecule has 0 saturated heterocycles. The van der Waals surface area contributed by atoms with Crippen molar-refractivity contribution in [1.82, 2.24) is 9.66 Å². The molecule has 1 saturated carbocycles. The Kier molecular flexibility index (Phi) is 9.69. The fourth-order valence-corrected chi connectivity index (χ4v) is 5.75. The molecule has 8 nitrogen and oxygen atoms in total. The Morgan fingerprint density at radius 2 is 1.88 bits per heavy atom. The first-order valence-corrected chi connectivity index (χ1v) is 15.3. The van der Waals surface area contributed by atoms with Gasteiger partial charge in [-0.25, -0.2) is 9.37 Å². The van der Waals surface area contributed by atoms with E-state index in [1.807, 2.05) is 19.1 Å². The summed E-state index contributed by atoms with van der Waals surface area (Å²) in [6, 6.07) is 14.5. The SMILES string of the molecule is CCOc1cc(C=Nn2c(C3CCCCC3)nc3ccc(Br)cc3c2=O)c(Br)cc1OCC(=O)Nc1cccc(F)c1. The highest BCUT2D eigenvalue weighted by molar-refractivity contribution is 9.10. The van der Waals surface area contributed by atoms with Crippen LogP contribution in [-0.4, -0.2) is 35.0 Å². The van der Waals surface area contributed by atoms with E-state index in [0.717, 1.165) is 30.2 Å². The second kappa shape index (κ2) is 13.6. The zero-order chi connectivity index (χ0) is 29.6. The van der Waals surface area contributed by atoms with Gasteiger partial charge in [-0.2, -0.15) is 9.78 Å². The Labute approximate surface area is 259 Å². The van der Waals surface area contributed by atoms with Crippen molar-refractivity contribution in [1.29, 1.82) is 0 Å². The third-order valence-electron chi connectivity index (χ3n) is 6.95. The number of ether oxygens (including phenoxy) is 2. The van der Waals surface area contributed by atoms with Gasteiger partial charge in [-0.1, -0.05) is 41.3 Å². The Bertz CT molecular complexity index is 1700. The Morgan fingerprint density at radius 1 is 1.10 bits per heavy atom. The summed E-state index contributed by atoms with van der Waals surface area (Å²) in [6.07, 6.45) is 6.87. The molecule has 3 aromatic carbocycles. The molecule has 0 radical (unpaired) electrons. The predicted octanol–water partition coefficient (Wildman–Crippen LogP) is 7.41. The third-order valence-corrected chi connectivity index (χ3v) is 8.13. The van der Waals surface area contributed by atoms with Crippen LogP contribution < -0.4 is 20.3 Å². The standard InChI is InChI=1S/C31H29Br2FN4O4/c1-2-41-27-13-20(25(33)16-28(27)42-18-29(39)36-23-10-6-9-22(34)15-23)17-35-38-30(19-7-4-3-5-8-19)37-26-12-11-21(32)14-24(26)31(38)40/h6,9-17,19H,2-5,7-8,18H2,1H3,(H,36,39). The third kappa shape index (κ3) is 7.07. The largest absolute Gasteiger partial charge is 0.490 e. The predicted molar refractivity (Wildman–Crippen MR) is 168 cm³/mol. The molecule has 11 heteroatoms. The smallest absolute Gasteiger partial charge is 0.282 e. The van der Waals surface area contributed by atoms with Gasteiger partial charge in [0.1, 0.15) is 11.6 Å².